The minimum absolute atomic E-state index is 0.0923. The number of rotatable bonds is 9. The van der Waals surface area contributed by atoms with Crippen LogP contribution in [-0.4, -0.2) is 39.9 Å². The fourth-order valence-corrected chi connectivity index (χ4v) is 3.44. The van der Waals surface area contributed by atoms with E-state index in [0.29, 0.717) is 16.8 Å². The number of aromatic nitrogens is 3. The van der Waals surface area contributed by atoms with Gasteiger partial charge in [-0.25, -0.2) is 17.9 Å². The Bertz CT molecular complexity index is 1220. The second-order valence-corrected chi connectivity index (χ2v) is 8.77. The summed E-state index contributed by atoms with van der Waals surface area (Å²) in [5.74, 6) is -2.16. The van der Waals surface area contributed by atoms with E-state index in [1.165, 1.54) is 4.68 Å². The zero-order valence-corrected chi connectivity index (χ0v) is 19.7. The van der Waals surface area contributed by atoms with Crippen LogP contribution in [0.2, 0.25) is 0 Å². The minimum Gasteiger partial charge on any atom is -0.383 e. The molecule has 0 saturated carbocycles. The van der Waals surface area contributed by atoms with E-state index < -0.39 is 36.2 Å². The van der Waals surface area contributed by atoms with Gasteiger partial charge in [-0.1, -0.05) is 29.4 Å². The molecule has 9 nitrogen and oxygen atoms in total. The van der Waals surface area contributed by atoms with Crippen molar-refractivity contribution < 1.29 is 27.3 Å². The van der Waals surface area contributed by atoms with Crippen LogP contribution < -0.4 is 16.8 Å². The van der Waals surface area contributed by atoms with Crippen LogP contribution in [0.1, 0.15) is 61.3 Å². The van der Waals surface area contributed by atoms with E-state index in [1.54, 1.807) is 31.2 Å². The molecule has 0 aliphatic heterocycles. The number of carbonyl (C=O) groups is 2. The summed E-state index contributed by atoms with van der Waals surface area (Å²) in [7, 11) is 0. The van der Waals surface area contributed by atoms with Gasteiger partial charge in [0, 0.05) is 17.7 Å². The van der Waals surface area contributed by atoms with Gasteiger partial charge in [0.15, 0.2) is 11.6 Å². The number of hydrogen-bond acceptors (Lipinski definition) is 6. The normalized spacial score (nSPS) is 14.2. The van der Waals surface area contributed by atoms with Crippen molar-refractivity contribution in [2.75, 3.05) is 17.7 Å². The standard InChI is InChI=1S/C23H27F3N6O3/c1-11(2)32-19(27)17(20(28)33)18(30-32)14-7-5-13(6-8-14)12(3)21(34)29-16-9-15(35-31-16)23(4,10-24)22(25)26/h5-9,11-12,22H,10,27H2,1-4H3,(H2,28,33)(H,29,31,34). The molecule has 2 aromatic heterocycles. The van der Waals surface area contributed by atoms with Crippen molar-refractivity contribution in [3.05, 3.63) is 47.2 Å². The van der Waals surface area contributed by atoms with Crippen LogP contribution in [-0.2, 0) is 10.2 Å². The van der Waals surface area contributed by atoms with E-state index >= 15 is 0 Å². The van der Waals surface area contributed by atoms with Crippen molar-refractivity contribution in [3.63, 3.8) is 0 Å². The summed E-state index contributed by atoms with van der Waals surface area (Å²) in [5, 5.41) is 10.5. The van der Waals surface area contributed by atoms with Gasteiger partial charge in [0.05, 0.1) is 5.92 Å². The number of nitrogens with zero attached hydrogens (tertiary/aromatic N) is 3. The Labute approximate surface area is 199 Å². The number of primary amides is 1. The summed E-state index contributed by atoms with van der Waals surface area (Å²) in [6, 6.07) is 7.72. The number of nitrogens with one attached hydrogen (secondary N) is 1. The topological polar surface area (TPSA) is 142 Å². The quantitative estimate of drug-likeness (QED) is 0.412. The summed E-state index contributed by atoms with van der Waals surface area (Å²) >= 11 is 0. The minimum atomic E-state index is -3.01. The molecule has 2 unspecified atom stereocenters. The Morgan fingerprint density at radius 1 is 1.20 bits per heavy atom. The molecule has 2 heterocycles. The molecule has 0 radical (unpaired) electrons. The van der Waals surface area contributed by atoms with Crippen molar-refractivity contribution in [2.24, 2.45) is 5.73 Å². The van der Waals surface area contributed by atoms with Gasteiger partial charge in [-0.05, 0) is 33.3 Å². The second kappa shape index (κ2) is 9.80. The highest BCUT2D eigenvalue weighted by molar-refractivity contribution is 6.03. The van der Waals surface area contributed by atoms with Gasteiger partial charge >= 0.3 is 0 Å². The molecule has 35 heavy (non-hydrogen) atoms. The molecule has 188 valence electrons. The van der Waals surface area contributed by atoms with Gasteiger partial charge in [-0.3, -0.25) is 9.59 Å². The molecule has 0 aliphatic rings. The molecule has 0 saturated heterocycles. The van der Waals surface area contributed by atoms with Gasteiger partial charge in [0.1, 0.15) is 29.2 Å². The summed E-state index contributed by atoms with van der Waals surface area (Å²) in [5.41, 5.74) is 11.1. The highest BCUT2D eigenvalue weighted by Gasteiger charge is 2.41. The number of nitrogens with two attached hydrogens (primary N) is 2. The molecule has 0 bridgehead atoms. The van der Waals surface area contributed by atoms with E-state index in [1.807, 2.05) is 13.8 Å². The third-order valence-electron chi connectivity index (χ3n) is 5.84. The third kappa shape index (κ3) is 4.86. The number of hydrogen-bond donors (Lipinski definition) is 3. The van der Waals surface area contributed by atoms with Crippen LogP contribution in [0.4, 0.5) is 24.8 Å². The summed E-state index contributed by atoms with van der Waals surface area (Å²) in [6.45, 7) is 5.02. The fraction of sp³-hybridized carbons (Fsp3) is 0.391. The smallest absolute Gasteiger partial charge is 0.254 e. The maximum absolute atomic E-state index is 13.2. The SMILES string of the molecule is CC(C(=O)Nc1cc(C(C)(CF)C(F)F)on1)c1ccc(-c2nn(C(C)C)c(N)c2C(N)=O)cc1. The Hall–Kier alpha value is -3.83. The maximum atomic E-state index is 13.2. The van der Waals surface area contributed by atoms with Gasteiger partial charge in [0.25, 0.3) is 12.3 Å². The van der Waals surface area contributed by atoms with E-state index in [9.17, 15) is 22.8 Å². The molecule has 1 aromatic carbocycles. The fourth-order valence-electron chi connectivity index (χ4n) is 3.44. The molecular weight excluding hydrogens is 465 g/mol. The Morgan fingerprint density at radius 3 is 2.34 bits per heavy atom. The lowest BCUT2D eigenvalue weighted by molar-refractivity contribution is -0.117. The number of amides is 2. The average molecular weight is 493 g/mol. The van der Waals surface area contributed by atoms with Gasteiger partial charge in [-0.2, -0.15) is 5.10 Å². The number of anilines is 2. The van der Waals surface area contributed by atoms with Crippen molar-refractivity contribution >= 4 is 23.5 Å². The molecule has 2 amide bonds. The Morgan fingerprint density at radius 2 is 1.83 bits per heavy atom. The first kappa shape index (κ1) is 25.8. The molecule has 3 rings (SSSR count). The molecular formula is C23H27F3N6O3. The lowest BCUT2D eigenvalue weighted by atomic mass is 9.90. The molecule has 5 N–H and O–H groups in total. The van der Waals surface area contributed by atoms with Crippen LogP contribution in [0, 0.1) is 0 Å². The van der Waals surface area contributed by atoms with Crippen molar-refractivity contribution in [2.45, 2.75) is 51.5 Å². The maximum Gasteiger partial charge on any atom is 0.254 e. The number of carbonyl (C=O) groups excluding carboxylic acids is 2. The first-order valence-electron chi connectivity index (χ1n) is 10.8. The zero-order chi connectivity index (χ0) is 26.1. The molecule has 12 heteroatoms. The number of alkyl halides is 3. The van der Waals surface area contributed by atoms with Crippen molar-refractivity contribution in [1.29, 1.82) is 0 Å². The zero-order valence-electron chi connectivity index (χ0n) is 19.7. The lowest BCUT2D eigenvalue weighted by Crippen LogP contribution is -2.32. The monoisotopic (exact) mass is 492 g/mol. The summed E-state index contributed by atoms with van der Waals surface area (Å²) in [4.78, 5) is 24.7. The molecule has 0 aliphatic carbocycles. The van der Waals surface area contributed by atoms with Crippen LogP contribution in [0.25, 0.3) is 11.3 Å². The highest BCUT2D eigenvalue weighted by Crippen LogP contribution is 2.33. The Kier molecular flexibility index (Phi) is 7.22. The van der Waals surface area contributed by atoms with Gasteiger partial charge in [-0.15, -0.1) is 0 Å². The predicted molar refractivity (Wildman–Crippen MR) is 124 cm³/mol. The largest absolute Gasteiger partial charge is 0.383 e. The number of halogens is 3. The summed E-state index contributed by atoms with van der Waals surface area (Å²) in [6.07, 6.45) is -3.01. The van der Waals surface area contributed by atoms with Gasteiger partial charge < -0.3 is 21.3 Å². The van der Waals surface area contributed by atoms with Gasteiger partial charge in [0.2, 0.25) is 5.91 Å². The van der Waals surface area contributed by atoms with Crippen LogP contribution in [0.3, 0.4) is 0 Å². The van der Waals surface area contributed by atoms with Crippen LogP contribution in [0.15, 0.2) is 34.9 Å². The average Bonchev–Trinajstić information content (AvgIpc) is 3.42. The first-order chi connectivity index (χ1) is 16.4. The van der Waals surface area contributed by atoms with E-state index in [4.69, 9.17) is 16.0 Å². The molecule has 2 atom stereocenters. The lowest BCUT2D eigenvalue weighted by Gasteiger charge is -2.21. The van der Waals surface area contributed by atoms with E-state index in [2.05, 4.69) is 15.6 Å². The van der Waals surface area contributed by atoms with Crippen molar-refractivity contribution in [1.82, 2.24) is 14.9 Å². The molecule has 0 spiro atoms. The molecule has 3 aromatic rings. The number of nitrogen functional groups attached to an aromatic ring is 1. The van der Waals surface area contributed by atoms with E-state index in [-0.39, 0.29) is 29.0 Å². The van der Waals surface area contributed by atoms with Crippen LogP contribution in [0.5, 0.6) is 0 Å². The summed E-state index contributed by atoms with van der Waals surface area (Å²) < 4.78 is 46.0. The predicted octanol–water partition coefficient (Wildman–Crippen LogP) is 4.03. The van der Waals surface area contributed by atoms with Crippen LogP contribution >= 0.6 is 0 Å². The first-order valence-corrected chi connectivity index (χ1v) is 10.8. The highest BCUT2D eigenvalue weighted by atomic mass is 19.3. The third-order valence-corrected chi connectivity index (χ3v) is 5.84. The Balaban J connectivity index is 1.79. The molecule has 0 fully saturated rings. The van der Waals surface area contributed by atoms with Crippen molar-refractivity contribution in [3.8, 4) is 11.3 Å². The number of benzene rings is 1. The second-order valence-electron chi connectivity index (χ2n) is 8.77. The van der Waals surface area contributed by atoms with E-state index in [0.717, 1.165) is 13.0 Å².